The second-order valence-electron chi connectivity index (χ2n) is 8.54. The Morgan fingerprint density at radius 2 is 1.97 bits per heavy atom. The van der Waals surface area contributed by atoms with Gasteiger partial charge in [-0.3, -0.25) is 4.79 Å². The van der Waals surface area contributed by atoms with Gasteiger partial charge in [-0.25, -0.2) is 0 Å². The lowest BCUT2D eigenvalue weighted by Crippen LogP contribution is -2.52. The molecule has 0 bridgehead atoms. The molecule has 0 amide bonds. The summed E-state index contributed by atoms with van der Waals surface area (Å²) in [6.07, 6.45) is 1.000. The normalized spacial score (nSPS) is 27.5. The molecule has 1 unspecified atom stereocenters. The van der Waals surface area contributed by atoms with E-state index in [1.165, 1.54) is 7.11 Å². The molecule has 0 saturated carbocycles. The number of esters is 1. The van der Waals surface area contributed by atoms with Crippen molar-refractivity contribution in [2.75, 3.05) is 13.7 Å². The summed E-state index contributed by atoms with van der Waals surface area (Å²) in [6.45, 7) is 9.08. The molecule has 1 aromatic rings. The molecular formula is C23H35BrO5. The average Bonchev–Trinajstić information content (AvgIpc) is 2.72. The van der Waals surface area contributed by atoms with Crippen molar-refractivity contribution in [2.24, 2.45) is 17.8 Å². The summed E-state index contributed by atoms with van der Waals surface area (Å²) in [5.74, 6) is -0.170. The molecule has 0 aliphatic carbocycles. The number of hydrogen-bond acceptors (Lipinski definition) is 5. The van der Waals surface area contributed by atoms with Crippen molar-refractivity contribution < 1.29 is 24.1 Å². The van der Waals surface area contributed by atoms with Gasteiger partial charge in [0.05, 0.1) is 38.6 Å². The van der Waals surface area contributed by atoms with E-state index in [0.29, 0.717) is 19.1 Å². The highest BCUT2D eigenvalue weighted by Crippen LogP contribution is 2.38. The molecule has 7 atom stereocenters. The Morgan fingerprint density at radius 1 is 1.31 bits per heavy atom. The Kier molecular flexibility index (Phi) is 9.14. The van der Waals surface area contributed by atoms with Gasteiger partial charge in [-0.1, -0.05) is 67.0 Å². The topological polar surface area (TPSA) is 65.0 Å². The lowest BCUT2D eigenvalue weighted by Gasteiger charge is -2.43. The number of carbonyl (C=O) groups excluding carboxylic acids is 1. The van der Waals surface area contributed by atoms with E-state index in [0.717, 1.165) is 18.4 Å². The second kappa shape index (κ2) is 10.9. The third-order valence-electron chi connectivity index (χ3n) is 6.08. The van der Waals surface area contributed by atoms with E-state index in [-0.39, 0.29) is 24.0 Å². The van der Waals surface area contributed by atoms with Crippen LogP contribution < -0.4 is 0 Å². The van der Waals surface area contributed by atoms with Crippen LogP contribution in [0.3, 0.4) is 0 Å². The smallest absolute Gasteiger partial charge is 0.325 e. The summed E-state index contributed by atoms with van der Waals surface area (Å²) < 4.78 is 16.0. The van der Waals surface area contributed by atoms with E-state index in [1.54, 1.807) is 6.92 Å². The zero-order valence-electron chi connectivity index (χ0n) is 18.1. The summed E-state index contributed by atoms with van der Waals surface area (Å²) in [4.78, 5) is 12.1. The number of aliphatic hydroxyl groups is 1. The molecule has 29 heavy (non-hydrogen) atoms. The lowest BCUT2D eigenvalue weighted by atomic mass is 9.79. The molecule has 1 aliphatic heterocycles. The summed E-state index contributed by atoms with van der Waals surface area (Å²) in [5.41, 5.74) is 1.16. The van der Waals surface area contributed by atoms with Crippen molar-refractivity contribution in [3.63, 3.8) is 0 Å². The van der Waals surface area contributed by atoms with E-state index in [1.807, 2.05) is 25.1 Å². The Labute approximate surface area is 183 Å². The van der Waals surface area contributed by atoms with Gasteiger partial charge in [0.2, 0.25) is 0 Å². The number of aliphatic hydroxyl groups excluding tert-OH is 1. The molecule has 0 spiro atoms. The van der Waals surface area contributed by atoms with E-state index >= 15 is 0 Å². The SMILES string of the molecule is COC(=O)C(C)(Br)[C@H](O)[C@H](C)[C@H]1O[C@H]([C@H](C)COCc2ccccc2)CC[C@@H]1C. The Morgan fingerprint density at radius 3 is 2.59 bits per heavy atom. The van der Waals surface area contributed by atoms with Crippen LogP contribution in [0.1, 0.15) is 46.1 Å². The van der Waals surface area contributed by atoms with Gasteiger partial charge in [-0.2, -0.15) is 0 Å². The largest absolute Gasteiger partial charge is 0.468 e. The molecule has 1 aliphatic rings. The number of alkyl halides is 1. The number of halogens is 1. The van der Waals surface area contributed by atoms with Crippen LogP contribution >= 0.6 is 15.9 Å². The Balaban J connectivity index is 1.93. The van der Waals surface area contributed by atoms with Gasteiger partial charge in [-0.15, -0.1) is 0 Å². The van der Waals surface area contributed by atoms with Gasteiger partial charge in [0.25, 0.3) is 0 Å². The third kappa shape index (κ3) is 6.27. The molecule has 0 radical (unpaired) electrons. The summed E-state index contributed by atoms with van der Waals surface area (Å²) in [7, 11) is 1.33. The van der Waals surface area contributed by atoms with Crippen molar-refractivity contribution in [1.29, 1.82) is 0 Å². The molecule has 164 valence electrons. The zero-order chi connectivity index (χ0) is 21.6. The minimum Gasteiger partial charge on any atom is -0.468 e. The molecule has 5 nitrogen and oxygen atoms in total. The first-order valence-corrected chi connectivity index (χ1v) is 11.2. The van der Waals surface area contributed by atoms with Crippen LogP contribution in [-0.2, 0) is 25.6 Å². The molecule has 1 N–H and O–H groups in total. The predicted molar refractivity (Wildman–Crippen MR) is 117 cm³/mol. The van der Waals surface area contributed by atoms with Crippen molar-refractivity contribution in [2.45, 2.75) is 69.8 Å². The monoisotopic (exact) mass is 470 g/mol. The fourth-order valence-electron chi connectivity index (χ4n) is 4.09. The molecule has 1 fully saturated rings. The molecule has 2 rings (SSSR count). The predicted octanol–water partition coefficient (Wildman–Crippen LogP) is 4.35. The first-order valence-electron chi connectivity index (χ1n) is 10.4. The second-order valence-corrected chi connectivity index (χ2v) is 10.2. The van der Waals surface area contributed by atoms with Gasteiger partial charge in [0.15, 0.2) is 0 Å². The highest BCUT2D eigenvalue weighted by molar-refractivity contribution is 9.10. The van der Waals surface area contributed by atoms with E-state index in [2.05, 4.69) is 41.9 Å². The number of hydrogen-bond donors (Lipinski definition) is 1. The van der Waals surface area contributed by atoms with Gasteiger partial charge in [0, 0.05) is 11.8 Å². The van der Waals surface area contributed by atoms with Crippen LogP contribution in [0.15, 0.2) is 30.3 Å². The third-order valence-corrected chi connectivity index (χ3v) is 6.88. The van der Waals surface area contributed by atoms with Gasteiger partial charge in [0.1, 0.15) is 4.32 Å². The van der Waals surface area contributed by atoms with Crippen LogP contribution in [-0.4, -0.2) is 47.4 Å². The summed E-state index contributed by atoms with van der Waals surface area (Å²) in [5, 5.41) is 10.9. The fourth-order valence-corrected chi connectivity index (χ4v) is 4.67. The van der Waals surface area contributed by atoms with Gasteiger partial charge >= 0.3 is 5.97 Å². The maximum Gasteiger partial charge on any atom is 0.325 e. The zero-order valence-corrected chi connectivity index (χ0v) is 19.7. The molecule has 1 aromatic carbocycles. The van der Waals surface area contributed by atoms with Crippen LogP contribution in [0.25, 0.3) is 0 Å². The number of rotatable bonds is 9. The van der Waals surface area contributed by atoms with Crippen LogP contribution in [0.5, 0.6) is 0 Å². The first-order chi connectivity index (χ1) is 13.7. The quantitative estimate of drug-likeness (QED) is 0.429. The van der Waals surface area contributed by atoms with E-state index in [9.17, 15) is 9.90 Å². The minimum absolute atomic E-state index is 0.0707. The number of methoxy groups -OCH3 is 1. The lowest BCUT2D eigenvalue weighted by molar-refractivity contribution is -0.160. The maximum absolute atomic E-state index is 12.1. The van der Waals surface area contributed by atoms with Crippen LogP contribution in [0.2, 0.25) is 0 Å². The maximum atomic E-state index is 12.1. The van der Waals surface area contributed by atoms with Crippen LogP contribution in [0, 0.1) is 17.8 Å². The van der Waals surface area contributed by atoms with Crippen molar-refractivity contribution >= 4 is 21.9 Å². The minimum atomic E-state index is -1.17. The number of ether oxygens (including phenoxy) is 3. The molecule has 1 heterocycles. The highest BCUT2D eigenvalue weighted by Gasteiger charge is 2.46. The highest BCUT2D eigenvalue weighted by atomic mass is 79.9. The van der Waals surface area contributed by atoms with Gasteiger partial charge in [-0.05, 0) is 31.2 Å². The molecule has 6 heteroatoms. The van der Waals surface area contributed by atoms with E-state index in [4.69, 9.17) is 14.2 Å². The van der Waals surface area contributed by atoms with Gasteiger partial charge < -0.3 is 19.3 Å². The van der Waals surface area contributed by atoms with Crippen LogP contribution in [0.4, 0.5) is 0 Å². The first kappa shape index (κ1) is 24.3. The molecule has 0 aromatic heterocycles. The molecular weight excluding hydrogens is 436 g/mol. The van der Waals surface area contributed by atoms with Crippen molar-refractivity contribution in [3.8, 4) is 0 Å². The summed E-state index contributed by atoms with van der Waals surface area (Å²) in [6, 6.07) is 10.1. The average molecular weight is 471 g/mol. The standard InChI is InChI=1S/C23H35BrO5/c1-15-11-12-19(16(2)13-28-14-18-9-7-6-8-10-18)29-20(15)17(3)21(25)23(4,24)22(26)27-5/h6-10,15-17,19-21,25H,11-14H2,1-5H3/t15-,16+,17+,19-,20-,21+,23?/m0/s1. The Hall–Kier alpha value is -0.950. The summed E-state index contributed by atoms with van der Waals surface area (Å²) >= 11 is 3.36. The number of carbonyl (C=O) groups is 1. The van der Waals surface area contributed by atoms with E-state index < -0.39 is 16.4 Å². The van der Waals surface area contributed by atoms with Crippen molar-refractivity contribution in [3.05, 3.63) is 35.9 Å². The molecule has 1 saturated heterocycles. The van der Waals surface area contributed by atoms with Crippen molar-refractivity contribution in [1.82, 2.24) is 0 Å². The number of benzene rings is 1. The Bertz CT molecular complexity index is 635. The fraction of sp³-hybridized carbons (Fsp3) is 0.696.